The van der Waals surface area contributed by atoms with Crippen LogP contribution in [-0.2, 0) is 7.05 Å². The van der Waals surface area contributed by atoms with Crippen LogP contribution in [0.25, 0.3) is 10.9 Å². The van der Waals surface area contributed by atoms with Gasteiger partial charge in [0.2, 0.25) is 0 Å². The van der Waals surface area contributed by atoms with Gasteiger partial charge in [-0.05, 0) is 26.0 Å². The molecule has 102 valence electrons. The first-order chi connectivity index (χ1) is 9.04. The Morgan fingerprint density at radius 1 is 1.37 bits per heavy atom. The first-order valence-electron chi connectivity index (χ1n) is 6.57. The van der Waals surface area contributed by atoms with Crippen LogP contribution >= 0.6 is 15.9 Å². The fourth-order valence-electron chi connectivity index (χ4n) is 2.40. The van der Waals surface area contributed by atoms with E-state index in [1.54, 1.807) is 0 Å². The summed E-state index contributed by atoms with van der Waals surface area (Å²) in [7, 11) is 1.93. The SMILES string of the molecule is CC(C)N1CC(Oc2ccc(Br)c3cn(C)nc23)C1. The second-order valence-corrected chi connectivity index (χ2v) is 6.25. The van der Waals surface area contributed by atoms with Crippen LogP contribution < -0.4 is 4.74 Å². The van der Waals surface area contributed by atoms with Crippen molar-refractivity contribution >= 4 is 26.8 Å². The molecule has 0 spiro atoms. The van der Waals surface area contributed by atoms with Crippen LogP contribution in [0.4, 0.5) is 0 Å². The van der Waals surface area contributed by atoms with Gasteiger partial charge in [0.25, 0.3) is 0 Å². The van der Waals surface area contributed by atoms with E-state index in [2.05, 4.69) is 39.8 Å². The molecule has 0 radical (unpaired) electrons. The van der Waals surface area contributed by atoms with E-state index in [1.165, 1.54) is 0 Å². The molecule has 0 amide bonds. The molecule has 0 saturated carbocycles. The summed E-state index contributed by atoms with van der Waals surface area (Å²) in [4.78, 5) is 2.40. The van der Waals surface area contributed by atoms with E-state index in [4.69, 9.17) is 4.74 Å². The zero-order valence-corrected chi connectivity index (χ0v) is 13.0. The summed E-state index contributed by atoms with van der Waals surface area (Å²) in [6.45, 7) is 6.43. The van der Waals surface area contributed by atoms with E-state index >= 15 is 0 Å². The van der Waals surface area contributed by atoms with Gasteiger partial charge in [-0.15, -0.1) is 0 Å². The molecule has 2 aromatic rings. The quantitative estimate of drug-likeness (QED) is 0.870. The third-order valence-electron chi connectivity index (χ3n) is 3.60. The Balaban J connectivity index is 1.81. The summed E-state index contributed by atoms with van der Waals surface area (Å²) in [6, 6.07) is 4.62. The van der Waals surface area contributed by atoms with Gasteiger partial charge in [0.05, 0.1) is 0 Å². The van der Waals surface area contributed by atoms with Crippen LogP contribution in [-0.4, -0.2) is 39.9 Å². The number of nitrogens with zero attached hydrogens (tertiary/aromatic N) is 3. The number of benzene rings is 1. The van der Waals surface area contributed by atoms with Crippen LogP contribution in [0.3, 0.4) is 0 Å². The van der Waals surface area contributed by atoms with Gasteiger partial charge in [-0.3, -0.25) is 9.58 Å². The number of halogens is 1. The molecule has 1 aromatic heterocycles. The van der Waals surface area contributed by atoms with Gasteiger partial charge in [0, 0.05) is 42.2 Å². The molecule has 0 bridgehead atoms. The minimum Gasteiger partial charge on any atom is -0.485 e. The molecule has 5 heteroatoms. The molecule has 2 heterocycles. The second-order valence-electron chi connectivity index (χ2n) is 5.40. The van der Waals surface area contributed by atoms with Gasteiger partial charge >= 0.3 is 0 Å². The number of hydrogen-bond acceptors (Lipinski definition) is 3. The lowest BCUT2D eigenvalue weighted by atomic mass is 10.1. The molecular formula is C14H18BrN3O. The highest BCUT2D eigenvalue weighted by Crippen LogP contribution is 2.32. The fraction of sp³-hybridized carbons (Fsp3) is 0.500. The Morgan fingerprint density at radius 3 is 2.79 bits per heavy atom. The molecule has 0 aliphatic carbocycles. The Labute approximate surface area is 121 Å². The summed E-state index contributed by atoms with van der Waals surface area (Å²) in [5.41, 5.74) is 0.930. The monoisotopic (exact) mass is 323 g/mol. The standard InChI is InChI=1S/C14H18BrN3O/c1-9(2)18-6-10(7-18)19-13-5-4-12(15)11-8-17(3)16-14(11)13/h4-5,8-10H,6-7H2,1-3H3. The lowest BCUT2D eigenvalue weighted by Crippen LogP contribution is -2.56. The second kappa shape index (κ2) is 4.80. The molecule has 0 atom stereocenters. The van der Waals surface area contributed by atoms with E-state index in [1.807, 2.05) is 30.1 Å². The molecule has 1 aliphatic rings. The summed E-state index contributed by atoms with van der Waals surface area (Å²) >= 11 is 3.55. The van der Waals surface area contributed by atoms with Crippen LogP contribution in [0.15, 0.2) is 22.8 Å². The highest BCUT2D eigenvalue weighted by Gasteiger charge is 2.30. The molecule has 4 nitrogen and oxygen atoms in total. The predicted octanol–water partition coefficient (Wildman–Crippen LogP) is 2.81. The van der Waals surface area contributed by atoms with Gasteiger partial charge in [-0.1, -0.05) is 15.9 Å². The van der Waals surface area contributed by atoms with E-state index in [0.717, 1.165) is 34.2 Å². The maximum absolute atomic E-state index is 6.07. The van der Waals surface area contributed by atoms with E-state index in [-0.39, 0.29) is 6.10 Å². The molecule has 3 rings (SSSR count). The molecule has 1 aliphatic heterocycles. The molecule has 1 aromatic carbocycles. The number of rotatable bonds is 3. The molecule has 1 saturated heterocycles. The summed E-state index contributed by atoms with van der Waals surface area (Å²) in [5.74, 6) is 0.882. The minimum absolute atomic E-state index is 0.286. The lowest BCUT2D eigenvalue weighted by molar-refractivity contribution is 0.000864. The van der Waals surface area contributed by atoms with Gasteiger partial charge in [-0.2, -0.15) is 5.10 Å². The van der Waals surface area contributed by atoms with Gasteiger partial charge in [0.1, 0.15) is 17.4 Å². The van der Waals surface area contributed by atoms with Crippen molar-refractivity contribution in [3.8, 4) is 5.75 Å². The maximum Gasteiger partial charge on any atom is 0.148 e. The van der Waals surface area contributed by atoms with Gasteiger partial charge < -0.3 is 4.74 Å². The summed E-state index contributed by atoms with van der Waals surface area (Å²) in [6.07, 6.45) is 2.29. The zero-order valence-electron chi connectivity index (χ0n) is 11.4. The minimum atomic E-state index is 0.286. The summed E-state index contributed by atoms with van der Waals surface area (Å²) < 4.78 is 8.95. The summed E-state index contributed by atoms with van der Waals surface area (Å²) in [5, 5.41) is 5.58. The number of likely N-dealkylation sites (tertiary alicyclic amines) is 1. The van der Waals surface area contributed by atoms with E-state index in [0.29, 0.717) is 6.04 Å². The van der Waals surface area contributed by atoms with E-state index in [9.17, 15) is 0 Å². The van der Waals surface area contributed by atoms with Gasteiger partial charge in [0.15, 0.2) is 0 Å². The van der Waals surface area contributed by atoms with Crippen molar-refractivity contribution in [2.75, 3.05) is 13.1 Å². The third kappa shape index (κ3) is 2.37. The lowest BCUT2D eigenvalue weighted by Gasteiger charge is -2.41. The first kappa shape index (κ1) is 12.9. The van der Waals surface area contributed by atoms with Crippen molar-refractivity contribution in [3.63, 3.8) is 0 Å². The van der Waals surface area contributed by atoms with Crippen LogP contribution in [0.2, 0.25) is 0 Å². The Kier molecular flexibility index (Phi) is 3.27. The van der Waals surface area contributed by atoms with Crippen LogP contribution in [0.5, 0.6) is 5.75 Å². The molecule has 0 unspecified atom stereocenters. The highest BCUT2D eigenvalue weighted by atomic mass is 79.9. The first-order valence-corrected chi connectivity index (χ1v) is 7.36. The smallest absolute Gasteiger partial charge is 0.148 e. The largest absolute Gasteiger partial charge is 0.485 e. The highest BCUT2D eigenvalue weighted by molar-refractivity contribution is 9.10. The number of hydrogen-bond donors (Lipinski definition) is 0. The topological polar surface area (TPSA) is 30.3 Å². The van der Waals surface area contributed by atoms with Crippen LogP contribution in [0.1, 0.15) is 13.8 Å². The molecular weight excluding hydrogens is 306 g/mol. The third-order valence-corrected chi connectivity index (χ3v) is 4.29. The van der Waals surface area contributed by atoms with Crippen molar-refractivity contribution in [1.82, 2.24) is 14.7 Å². The number of aryl methyl sites for hydroxylation is 1. The molecule has 1 fully saturated rings. The Bertz CT molecular complexity index is 602. The maximum atomic E-state index is 6.07. The van der Waals surface area contributed by atoms with Crippen molar-refractivity contribution in [2.24, 2.45) is 7.05 Å². The molecule has 19 heavy (non-hydrogen) atoms. The van der Waals surface area contributed by atoms with Crippen molar-refractivity contribution in [3.05, 3.63) is 22.8 Å². The van der Waals surface area contributed by atoms with Crippen molar-refractivity contribution in [1.29, 1.82) is 0 Å². The fourth-order valence-corrected chi connectivity index (χ4v) is 2.83. The number of aromatic nitrogens is 2. The average molecular weight is 324 g/mol. The molecule has 0 N–H and O–H groups in total. The zero-order chi connectivity index (χ0) is 13.6. The Hall–Kier alpha value is -1.07. The number of ether oxygens (including phenoxy) is 1. The van der Waals surface area contributed by atoms with Crippen LogP contribution in [0, 0.1) is 0 Å². The van der Waals surface area contributed by atoms with Crippen molar-refractivity contribution < 1.29 is 4.74 Å². The van der Waals surface area contributed by atoms with Gasteiger partial charge in [-0.25, -0.2) is 0 Å². The number of fused-ring (bicyclic) bond motifs is 1. The normalized spacial score (nSPS) is 17.1. The van der Waals surface area contributed by atoms with Crippen molar-refractivity contribution in [2.45, 2.75) is 26.0 Å². The predicted molar refractivity (Wildman–Crippen MR) is 79.5 cm³/mol. The average Bonchev–Trinajstić information content (AvgIpc) is 2.67. The Morgan fingerprint density at radius 2 is 2.11 bits per heavy atom. The van der Waals surface area contributed by atoms with E-state index < -0.39 is 0 Å².